The number of hydrogen-bond acceptors (Lipinski definition) is 4. The van der Waals surface area contributed by atoms with Crippen LogP contribution in [0.5, 0.6) is 0 Å². The van der Waals surface area contributed by atoms with Crippen LogP contribution < -0.4 is 11.1 Å². The van der Waals surface area contributed by atoms with Gasteiger partial charge in [-0.2, -0.15) is 0 Å². The smallest absolute Gasteiger partial charge is 0.162 e. The summed E-state index contributed by atoms with van der Waals surface area (Å²) in [5.41, 5.74) is 11.1. The van der Waals surface area contributed by atoms with Crippen LogP contribution in [-0.2, 0) is 6.54 Å². The number of nitrogens with one attached hydrogen (secondary N) is 1. The van der Waals surface area contributed by atoms with E-state index in [9.17, 15) is 0 Å². The van der Waals surface area contributed by atoms with Gasteiger partial charge >= 0.3 is 0 Å². The molecular formula is C19H20N4. The Morgan fingerprint density at radius 1 is 0.957 bits per heavy atom. The molecule has 4 nitrogen and oxygen atoms in total. The highest BCUT2D eigenvalue weighted by Gasteiger charge is 2.16. The van der Waals surface area contributed by atoms with E-state index in [1.807, 2.05) is 49.5 Å². The zero-order valence-electron chi connectivity index (χ0n) is 13.4. The first-order chi connectivity index (χ1) is 11.2. The Labute approximate surface area is 136 Å². The van der Waals surface area contributed by atoms with Crippen LogP contribution in [0.15, 0.2) is 54.6 Å². The summed E-state index contributed by atoms with van der Waals surface area (Å²) in [7, 11) is 1.86. The van der Waals surface area contributed by atoms with E-state index in [4.69, 9.17) is 10.7 Å². The molecule has 1 heterocycles. The van der Waals surface area contributed by atoms with Crippen molar-refractivity contribution < 1.29 is 0 Å². The number of nitrogens with two attached hydrogens (primary N) is 1. The molecule has 0 atom stereocenters. The van der Waals surface area contributed by atoms with Crippen LogP contribution in [0.25, 0.3) is 22.6 Å². The quantitative estimate of drug-likeness (QED) is 0.772. The van der Waals surface area contributed by atoms with Gasteiger partial charge in [-0.3, -0.25) is 0 Å². The lowest BCUT2D eigenvalue weighted by molar-refractivity contribution is 1.02. The summed E-state index contributed by atoms with van der Waals surface area (Å²) in [6.07, 6.45) is 0. The number of hydrogen-bond donors (Lipinski definition) is 2. The van der Waals surface area contributed by atoms with E-state index >= 15 is 0 Å². The lowest BCUT2D eigenvalue weighted by Gasteiger charge is -2.15. The normalized spacial score (nSPS) is 10.6. The number of anilines is 1. The van der Waals surface area contributed by atoms with Gasteiger partial charge in [-0.05, 0) is 12.5 Å². The van der Waals surface area contributed by atoms with Gasteiger partial charge in [-0.1, -0.05) is 54.6 Å². The van der Waals surface area contributed by atoms with Crippen molar-refractivity contribution in [3.05, 3.63) is 65.7 Å². The minimum Gasteiger partial charge on any atom is -0.373 e. The van der Waals surface area contributed by atoms with Gasteiger partial charge in [0, 0.05) is 30.3 Å². The molecule has 0 fully saturated rings. The van der Waals surface area contributed by atoms with Gasteiger partial charge in [-0.25, -0.2) is 9.97 Å². The molecule has 116 valence electrons. The lowest BCUT2D eigenvalue weighted by atomic mass is 10.0. The minimum absolute atomic E-state index is 0.384. The van der Waals surface area contributed by atoms with E-state index < -0.39 is 0 Å². The number of aromatic nitrogens is 2. The Bertz CT molecular complexity index is 813. The molecule has 23 heavy (non-hydrogen) atoms. The molecule has 3 rings (SSSR count). The molecule has 4 heteroatoms. The van der Waals surface area contributed by atoms with Crippen LogP contribution in [-0.4, -0.2) is 17.0 Å². The molecule has 0 aliphatic heterocycles. The topological polar surface area (TPSA) is 63.8 Å². The molecule has 0 bridgehead atoms. The molecule has 0 aliphatic rings. The van der Waals surface area contributed by atoms with Crippen molar-refractivity contribution in [3.8, 4) is 22.6 Å². The van der Waals surface area contributed by atoms with Crippen LogP contribution in [0, 0.1) is 6.92 Å². The highest BCUT2D eigenvalue weighted by Crippen LogP contribution is 2.31. The van der Waals surface area contributed by atoms with Crippen molar-refractivity contribution in [2.75, 3.05) is 12.4 Å². The Balaban J connectivity index is 2.27. The van der Waals surface area contributed by atoms with E-state index in [1.165, 1.54) is 5.56 Å². The van der Waals surface area contributed by atoms with Crippen LogP contribution in [0.1, 0.15) is 11.1 Å². The van der Waals surface area contributed by atoms with Gasteiger partial charge in [-0.15, -0.1) is 0 Å². The van der Waals surface area contributed by atoms with Crippen molar-refractivity contribution in [2.24, 2.45) is 5.73 Å². The minimum atomic E-state index is 0.384. The Hall–Kier alpha value is -2.72. The van der Waals surface area contributed by atoms with Gasteiger partial charge in [0.25, 0.3) is 0 Å². The second-order valence-electron chi connectivity index (χ2n) is 5.36. The predicted molar refractivity (Wildman–Crippen MR) is 95.1 cm³/mol. The maximum absolute atomic E-state index is 5.98. The third kappa shape index (κ3) is 2.94. The summed E-state index contributed by atoms with van der Waals surface area (Å²) >= 11 is 0. The summed E-state index contributed by atoms with van der Waals surface area (Å²) in [5.74, 6) is 1.48. The van der Waals surface area contributed by atoms with E-state index in [0.29, 0.717) is 12.4 Å². The third-order valence-corrected chi connectivity index (χ3v) is 3.88. The maximum Gasteiger partial charge on any atom is 0.162 e. The van der Waals surface area contributed by atoms with Gasteiger partial charge in [0.05, 0.1) is 5.69 Å². The molecule has 1 aromatic heterocycles. The molecule has 0 aliphatic carbocycles. The number of benzene rings is 2. The monoisotopic (exact) mass is 304 g/mol. The highest BCUT2D eigenvalue weighted by molar-refractivity contribution is 5.74. The molecule has 3 N–H and O–H groups in total. The van der Waals surface area contributed by atoms with Crippen molar-refractivity contribution >= 4 is 5.82 Å². The van der Waals surface area contributed by atoms with Crippen LogP contribution in [0.2, 0.25) is 0 Å². The number of rotatable bonds is 4. The fraction of sp³-hybridized carbons (Fsp3) is 0.158. The van der Waals surface area contributed by atoms with Gasteiger partial charge < -0.3 is 11.1 Å². The Kier molecular flexibility index (Phi) is 4.35. The average Bonchev–Trinajstić information content (AvgIpc) is 2.61. The first-order valence-electron chi connectivity index (χ1n) is 7.64. The van der Waals surface area contributed by atoms with E-state index in [-0.39, 0.29) is 0 Å². The molecule has 2 aromatic carbocycles. The van der Waals surface area contributed by atoms with Gasteiger partial charge in [0.2, 0.25) is 0 Å². The SMILES string of the molecule is CNc1nc(-c2ccccc2)nc(-c2ccccc2C)c1CN. The van der Waals surface area contributed by atoms with E-state index in [0.717, 1.165) is 28.2 Å². The number of nitrogens with zero attached hydrogens (tertiary/aromatic N) is 2. The fourth-order valence-electron chi connectivity index (χ4n) is 2.66. The third-order valence-electron chi connectivity index (χ3n) is 3.88. The fourth-order valence-corrected chi connectivity index (χ4v) is 2.66. The van der Waals surface area contributed by atoms with Gasteiger partial charge in [0.15, 0.2) is 5.82 Å². The molecule has 0 spiro atoms. The second kappa shape index (κ2) is 6.58. The van der Waals surface area contributed by atoms with Crippen molar-refractivity contribution in [2.45, 2.75) is 13.5 Å². The molecule has 3 aromatic rings. The molecule has 0 saturated carbocycles. The Morgan fingerprint density at radius 2 is 1.65 bits per heavy atom. The molecule has 0 unspecified atom stereocenters. The van der Waals surface area contributed by atoms with E-state index in [1.54, 1.807) is 0 Å². The standard InChI is InChI=1S/C19H20N4/c1-13-8-6-7-11-15(13)17-16(12-20)19(21-2)23-18(22-17)14-9-4-3-5-10-14/h3-11H,12,20H2,1-2H3,(H,21,22,23). The molecular weight excluding hydrogens is 284 g/mol. The summed E-state index contributed by atoms with van der Waals surface area (Å²) in [4.78, 5) is 9.47. The molecule has 0 radical (unpaired) electrons. The van der Waals surface area contributed by atoms with Crippen molar-refractivity contribution in [1.82, 2.24) is 9.97 Å². The largest absolute Gasteiger partial charge is 0.373 e. The zero-order valence-corrected chi connectivity index (χ0v) is 13.4. The summed E-state index contributed by atoms with van der Waals surface area (Å²) < 4.78 is 0. The predicted octanol–water partition coefficient (Wildman–Crippen LogP) is 3.62. The Morgan fingerprint density at radius 3 is 2.30 bits per heavy atom. The van der Waals surface area contributed by atoms with Crippen LogP contribution in [0.3, 0.4) is 0 Å². The van der Waals surface area contributed by atoms with Gasteiger partial charge in [0.1, 0.15) is 5.82 Å². The number of aryl methyl sites for hydroxylation is 1. The summed E-state index contributed by atoms with van der Waals surface area (Å²) in [6.45, 7) is 2.47. The van der Waals surface area contributed by atoms with E-state index in [2.05, 4.69) is 29.4 Å². The molecule has 0 saturated heterocycles. The van der Waals surface area contributed by atoms with Crippen molar-refractivity contribution in [3.63, 3.8) is 0 Å². The lowest BCUT2D eigenvalue weighted by Crippen LogP contribution is -2.09. The average molecular weight is 304 g/mol. The zero-order chi connectivity index (χ0) is 16.2. The first-order valence-corrected chi connectivity index (χ1v) is 7.64. The van der Waals surface area contributed by atoms with Crippen molar-refractivity contribution in [1.29, 1.82) is 0 Å². The summed E-state index contributed by atoms with van der Waals surface area (Å²) in [5, 5.41) is 3.16. The summed E-state index contributed by atoms with van der Waals surface area (Å²) in [6, 6.07) is 18.2. The highest BCUT2D eigenvalue weighted by atomic mass is 15.0. The van der Waals surface area contributed by atoms with Crippen LogP contribution >= 0.6 is 0 Å². The molecule has 0 amide bonds. The first kappa shape index (κ1) is 15.2. The van der Waals surface area contributed by atoms with Crippen LogP contribution in [0.4, 0.5) is 5.82 Å². The maximum atomic E-state index is 5.98. The second-order valence-corrected chi connectivity index (χ2v) is 5.36.